The normalized spacial score (nSPS) is 14.9. The van der Waals surface area contributed by atoms with Crippen molar-refractivity contribution in [2.24, 2.45) is 0 Å². The van der Waals surface area contributed by atoms with Crippen molar-refractivity contribution in [3.05, 3.63) is 78.1 Å². The molecule has 1 saturated heterocycles. The lowest BCUT2D eigenvalue weighted by atomic mass is 9.99. The molecule has 2 heterocycles. The zero-order valence-electron chi connectivity index (χ0n) is 16.8. The van der Waals surface area contributed by atoms with Gasteiger partial charge >= 0.3 is 0 Å². The molecule has 0 atom stereocenters. The highest BCUT2D eigenvalue weighted by atomic mass is 15.3. The molecule has 0 saturated carbocycles. The van der Waals surface area contributed by atoms with Crippen molar-refractivity contribution < 1.29 is 0 Å². The van der Waals surface area contributed by atoms with Crippen LogP contribution in [0, 0.1) is 0 Å². The Hall–Kier alpha value is -3.12. The Morgan fingerprint density at radius 2 is 1.48 bits per heavy atom. The van der Waals surface area contributed by atoms with Crippen LogP contribution in [-0.4, -0.2) is 47.6 Å². The van der Waals surface area contributed by atoms with E-state index in [0.717, 1.165) is 49.7 Å². The summed E-state index contributed by atoms with van der Waals surface area (Å²) in [5, 5.41) is 3.57. The molecule has 0 amide bonds. The average Bonchev–Trinajstić information content (AvgIpc) is 2.80. The molecule has 0 radical (unpaired) electrons. The van der Waals surface area contributed by atoms with Crippen LogP contribution in [0.15, 0.2) is 67.0 Å². The first-order valence-electron chi connectivity index (χ1n) is 10.2. The fourth-order valence-corrected chi connectivity index (χ4v) is 3.82. The molecule has 1 fully saturated rings. The quantitative estimate of drug-likeness (QED) is 0.674. The summed E-state index contributed by atoms with van der Waals surface area (Å²) in [4.78, 5) is 13.7. The van der Waals surface area contributed by atoms with Crippen molar-refractivity contribution in [3.63, 3.8) is 0 Å². The van der Waals surface area contributed by atoms with Crippen LogP contribution in [0.3, 0.4) is 0 Å². The molecule has 2 aromatic carbocycles. The SMILES string of the molecule is CCN1CCN(c2ncnc(NC(c3ccccc3)c3ccccc3)c2N)CC1. The first kappa shape index (κ1) is 19.2. The van der Waals surface area contributed by atoms with E-state index in [4.69, 9.17) is 5.73 Å². The van der Waals surface area contributed by atoms with Crippen molar-refractivity contribution in [2.75, 3.05) is 48.7 Å². The van der Waals surface area contributed by atoms with E-state index in [9.17, 15) is 0 Å². The molecule has 3 N–H and O–H groups in total. The summed E-state index contributed by atoms with van der Waals surface area (Å²) in [6, 6.07) is 20.7. The monoisotopic (exact) mass is 388 g/mol. The highest BCUT2D eigenvalue weighted by Gasteiger charge is 2.22. The fourth-order valence-electron chi connectivity index (χ4n) is 3.82. The Bertz CT molecular complexity index is 868. The van der Waals surface area contributed by atoms with Gasteiger partial charge in [-0.25, -0.2) is 9.97 Å². The van der Waals surface area contributed by atoms with E-state index < -0.39 is 0 Å². The molecule has 0 bridgehead atoms. The topological polar surface area (TPSA) is 70.3 Å². The highest BCUT2D eigenvalue weighted by Crippen LogP contribution is 2.32. The van der Waals surface area contributed by atoms with Crippen LogP contribution in [0.2, 0.25) is 0 Å². The van der Waals surface area contributed by atoms with E-state index in [1.54, 1.807) is 6.33 Å². The standard InChI is InChI=1S/C23H28N6/c1-2-28-13-15-29(16-14-28)23-20(24)22(25-17-26-23)27-21(18-9-5-3-6-10-18)19-11-7-4-8-12-19/h3-12,17,21H,2,13-16,24H2,1H3,(H,25,26,27). The van der Waals surface area contributed by atoms with E-state index in [1.165, 1.54) is 0 Å². The third-order valence-corrected chi connectivity index (χ3v) is 5.53. The van der Waals surface area contributed by atoms with Gasteiger partial charge in [-0.15, -0.1) is 0 Å². The second-order valence-electron chi connectivity index (χ2n) is 7.28. The molecule has 1 aliphatic heterocycles. The summed E-state index contributed by atoms with van der Waals surface area (Å²) in [5.41, 5.74) is 9.47. The maximum absolute atomic E-state index is 6.54. The molecule has 4 rings (SSSR count). The van der Waals surface area contributed by atoms with Crippen molar-refractivity contribution in [3.8, 4) is 0 Å². The van der Waals surface area contributed by atoms with E-state index in [1.807, 2.05) is 12.1 Å². The van der Waals surface area contributed by atoms with Crippen molar-refractivity contribution in [1.29, 1.82) is 0 Å². The second-order valence-corrected chi connectivity index (χ2v) is 7.28. The number of piperazine rings is 1. The van der Waals surface area contributed by atoms with Gasteiger partial charge in [0.1, 0.15) is 12.0 Å². The average molecular weight is 389 g/mol. The van der Waals surface area contributed by atoms with Crippen LogP contribution in [0.4, 0.5) is 17.3 Å². The van der Waals surface area contributed by atoms with E-state index in [-0.39, 0.29) is 6.04 Å². The highest BCUT2D eigenvalue weighted by molar-refractivity contribution is 5.75. The number of likely N-dealkylation sites (N-methyl/N-ethyl adjacent to an activating group) is 1. The third kappa shape index (κ3) is 4.32. The van der Waals surface area contributed by atoms with Crippen LogP contribution in [0.5, 0.6) is 0 Å². The Morgan fingerprint density at radius 3 is 2.03 bits per heavy atom. The van der Waals surface area contributed by atoms with Gasteiger partial charge in [-0.05, 0) is 17.7 Å². The Morgan fingerprint density at radius 1 is 0.897 bits per heavy atom. The molecule has 150 valence electrons. The predicted molar refractivity (Wildman–Crippen MR) is 119 cm³/mol. The largest absolute Gasteiger partial charge is 0.393 e. The van der Waals surface area contributed by atoms with Gasteiger partial charge in [0.15, 0.2) is 11.6 Å². The molecule has 1 aromatic heterocycles. The lowest BCUT2D eigenvalue weighted by Gasteiger charge is -2.35. The predicted octanol–water partition coefficient (Wildman–Crippen LogP) is 3.40. The lowest BCUT2D eigenvalue weighted by Crippen LogP contribution is -2.46. The summed E-state index contributed by atoms with van der Waals surface area (Å²) in [5.74, 6) is 1.49. The van der Waals surface area contributed by atoms with Crippen molar-refractivity contribution in [1.82, 2.24) is 14.9 Å². The van der Waals surface area contributed by atoms with Gasteiger partial charge in [0.25, 0.3) is 0 Å². The molecule has 1 aliphatic rings. The van der Waals surface area contributed by atoms with Crippen molar-refractivity contribution in [2.45, 2.75) is 13.0 Å². The molecule has 3 aromatic rings. The third-order valence-electron chi connectivity index (χ3n) is 5.53. The van der Waals surface area contributed by atoms with Crippen LogP contribution in [-0.2, 0) is 0 Å². The molecule has 0 unspecified atom stereocenters. The van der Waals surface area contributed by atoms with E-state index in [2.05, 4.69) is 80.5 Å². The lowest BCUT2D eigenvalue weighted by molar-refractivity contribution is 0.270. The first-order valence-corrected chi connectivity index (χ1v) is 10.2. The van der Waals surface area contributed by atoms with Gasteiger partial charge in [-0.2, -0.15) is 0 Å². The first-order chi connectivity index (χ1) is 14.3. The number of rotatable bonds is 6. The van der Waals surface area contributed by atoms with Gasteiger partial charge in [-0.3, -0.25) is 0 Å². The molecular formula is C23H28N6. The van der Waals surface area contributed by atoms with E-state index in [0.29, 0.717) is 11.5 Å². The number of aromatic nitrogens is 2. The molecule has 6 nitrogen and oxygen atoms in total. The van der Waals surface area contributed by atoms with Gasteiger partial charge in [0.2, 0.25) is 0 Å². The van der Waals surface area contributed by atoms with Crippen LogP contribution in [0.25, 0.3) is 0 Å². The Labute approximate surface area is 172 Å². The minimum atomic E-state index is -0.0422. The number of benzene rings is 2. The van der Waals surface area contributed by atoms with Crippen molar-refractivity contribution >= 4 is 17.3 Å². The number of hydrogen-bond donors (Lipinski definition) is 2. The summed E-state index contributed by atoms with van der Waals surface area (Å²) in [6.07, 6.45) is 1.60. The summed E-state index contributed by atoms with van der Waals surface area (Å²) in [7, 11) is 0. The van der Waals surface area contributed by atoms with Gasteiger partial charge in [-0.1, -0.05) is 67.6 Å². The van der Waals surface area contributed by atoms with Gasteiger partial charge < -0.3 is 20.9 Å². The molecule has 0 spiro atoms. The summed E-state index contributed by atoms with van der Waals surface area (Å²) >= 11 is 0. The fraction of sp³-hybridized carbons (Fsp3) is 0.304. The van der Waals surface area contributed by atoms with Gasteiger partial charge in [0, 0.05) is 26.2 Å². The maximum Gasteiger partial charge on any atom is 0.157 e. The minimum Gasteiger partial charge on any atom is -0.393 e. The van der Waals surface area contributed by atoms with Crippen LogP contribution >= 0.6 is 0 Å². The molecule has 6 heteroatoms. The zero-order chi connectivity index (χ0) is 20.1. The number of hydrogen-bond acceptors (Lipinski definition) is 6. The smallest absolute Gasteiger partial charge is 0.157 e. The zero-order valence-corrected chi connectivity index (χ0v) is 16.8. The van der Waals surface area contributed by atoms with Crippen LogP contribution < -0.4 is 16.0 Å². The Kier molecular flexibility index (Phi) is 5.91. The van der Waals surface area contributed by atoms with Crippen LogP contribution in [0.1, 0.15) is 24.1 Å². The number of nitrogens with zero attached hydrogens (tertiary/aromatic N) is 4. The number of nitrogens with two attached hydrogens (primary N) is 1. The van der Waals surface area contributed by atoms with E-state index >= 15 is 0 Å². The summed E-state index contributed by atoms with van der Waals surface area (Å²) < 4.78 is 0. The molecule has 0 aliphatic carbocycles. The number of anilines is 3. The maximum atomic E-state index is 6.54. The molecule has 29 heavy (non-hydrogen) atoms. The Balaban J connectivity index is 1.62. The van der Waals surface area contributed by atoms with Gasteiger partial charge in [0.05, 0.1) is 6.04 Å². The number of nitrogens with one attached hydrogen (secondary N) is 1. The second kappa shape index (κ2) is 8.92. The number of nitrogen functional groups attached to an aromatic ring is 1. The minimum absolute atomic E-state index is 0.0422. The molecular weight excluding hydrogens is 360 g/mol. The summed E-state index contributed by atoms with van der Waals surface area (Å²) in [6.45, 7) is 7.18.